The summed E-state index contributed by atoms with van der Waals surface area (Å²) in [6.07, 6.45) is 6.14. The number of benzene rings is 1. The van der Waals surface area contributed by atoms with E-state index in [4.69, 9.17) is 4.98 Å². The van der Waals surface area contributed by atoms with Crippen LogP contribution in [0.4, 0.5) is 0 Å². The lowest BCUT2D eigenvalue weighted by molar-refractivity contribution is 0.338. The smallest absolute Gasteiger partial charge is 0.130 e. The largest absolute Gasteiger partial charge is 0.507 e. The van der Waals surface area contributed by atoms with Crippen molar-refractivity contribution in [2.75, 3.05) is 13.1 Å². The summed E-state index contributed by atoms with van der Waals surface area (Å²) in [7, 11) is 0. The molecule has 1 unspecified atom stereocenters. The maximum absolute atomic E-state index is 10.1. The Balaban J connectivity index is 0.00000182. The number of hydrogen-bond acceptors (Lipinski definition) is 3. The average molecular weight is 468 g/mol. The first-order valence-electron chi connectivity index (χ1n) is 8.50. The number of piperidine rings is 1. The molecule has 0 radical (unpaired) electrons. The third-order valence-corrected chi connectivity index (χ3v) is 6.67. The van der Waals surface area contributed by atoms with E-state index in [-0.39, 0.29) is 7.43 Å². The standard InChI is InChI=1S/C19H20Br2N2O.CH4/c20-13-9-12-1-2-15-14(3-4-16(24)18(15)21)17(19(12)23-10-13)11-5-7-22-8-6-11;/h3-4,9-11,17,22,24H,1-2,5-8H2;1H4. The Morgan fingerprint density at radius 1 is 1.12 bits per heavy atom. The zero-order valence-electron chi connectivity index (χ0n) is 13.4. The van der Waals surface area contributed by atoms with Crippen LogP contribution >= 0.6 is 31.9 Å². The van der Waals surface area contributed by atoms with Crippen LogP contribution in [0.1, 0.15) is 48.6 Å². The second-order valence-electron chi connectivity index (χ2n) is 6.73. The van der Waals surface area contributed by atoms with Gasteiger partial charge in [0, 0.05) is 16.6 Å². The number of phenolic OH excluding ortho intramolecular Hbond substituents is 1. The van der Waals surface area contributed by atoms with Gasteiger partial charge in [-0.25, -0.2) is 0 Å². The topological polar surface area (TPSA) is 45.2 Å². The molecule has 1 aliphatic heterocycles. The van der Waals surface area contributed by atoms with Gasteiger partial charge < -0.3 is 10.4 Å². The van der Waals surface area contributed by atoms with Gasteiger partial charge in [0.1, 0.15) is 5.75 Å². The molecular formula is C20H24Br2N2O. The van der Waals surface area contributed by atoms with Crippen LogP contribution in [-0.4, -0.2) is 23.2 Å². The molecule has 0 saturated carbocycles. The highest BCUT2D eigenvalue weighted by Gasteiger charge is 2.33. The number of rotatable bonds is 1. The summed E-state index contributed by atoms with van der Waals surface area (Å²) in [4.78, 5) is 4.84. The van der Waals surface area contributed by atoms with E-state index in [0.717, 1.165) is 34.9 Å². The van der Waals surface area contributed by atoms with Crippen LogP contribution in [0.15, 0.2) is 33.3 Å². The normalized spacial score (nSPS) is 20.2. The quantitative estimate of drug-likeness (QED) is 0.607. The number of nitrogens with one attached hydrogen (secondary N) is 1. The zero-order valence-corrected chi connectivity index (χ0v) is 16.5. The van der Waals surface area contributed by atoms with E-state index in [2.05, 4.69) is 49.3 Å². The fourth-order valence-corrected chi connectivity index (χ4v) is 5.14. The Hall–Kier alpha value is -0.910. The Labute approximate surface area is 166 Å². The summed E-state index contributed by atoms with van der Waals surface area (Å²) < 4.78 is 1.89. The van der Waals surface area contributed by atoms with Gasteiger partial charge in [-0.2, -0.15) is 0 Å². The molecular weight excluding hydrogens is 444 g/mol. The number of aromatic nitrogens is 1. The van der Waals surface area contributed by atoms with Crippen molar-refractivity contribution in [2.24, 2.45) is 5.92 Å². The molecule has 134 valence electrons. The average Bonchev–Trinajstić information content (AvgIpc) is 2.76. The van der Waals surface area contributed by atoms with Crippen molar-refractivity contribution in [1.29, 1.82) is 0 Å². The van der Waals surface area contributed by atoms with Crippen LogP contribution in [-0.2, 0) is 12.8 Å². The van der Waals surface area contributed by atoms with Crippen molar-refractivity contribution in [3.8, 4) is 5.75 Å². The number of aromatic hydroxyl groups is 1. The number of aryl methyl sites for hydroxylation is 1. The first-order valence-corrected chi connectivity index (χ1v) is 10.1. The minimum atomic E-state index is 0. The van der Waals surface area contributed by atoms with Gasteiger partial charge in [0.15, 0.2) is 0 Å². The lowest BCUT2D eigenvalue weighted by Gasteiger charge is -2.32. The van der Waals surface area contributed by atoms with Gasteiger partial charge in [-0.05, 0) is 105 Å². The SMILES string of the molecule is C.Oc1ccc2c(c1Br)CCc1cc(Br)cnc1C2C1CCNCC1. The molecule has 4 rings (SSSR count). The number of nitrogens with zero attached hydrogens (tertiary/aromatic N) is 1. The highest BCUT2D eigenvalue weighted by atomic mass is 79.9. The molecule has 1 fully saturated rings. The van der Waals surface area contributed by atoms with Gasteiger partial charge >= 0.3 is 0 Å². The third kappa shape index (κ3) is 3.51. The summed E-state index contributed by atoms with van der Waals surface area (Å²) in [6.45, 7) is 2.14. The molecule has 1 aromatic heterocycles. The van der Waals surface area contributed by atoms with Gasteiger partial charge in [0.25, 0.3) is 0 Å². The van der Waals surface area contributed by atoms with Crippen LogP contribution in [0.5, 0.6) is 5.75 Å². The fourth-order valence-electron chi connectivity index (χ4n) is 4.20. The molecule has 2 aromatic rings. The number of pyridine rings is 1. The van der Waals surface area contributed by atoms with Crippen LogP contribution in [0, 0.1) is 5.92 Å². The molecule has 1 saturated heterocycles. The third-order valence-electron chi connectivity index (χ3n) is 5.36. The predicted octanol–water partition coefficient (Wildman–Crippen LogP) is 5.18. The Bertz CT molecular complexity index is 773. The van der Waals surface area contributed by atoms with Gasteiger partial charge in [-0.15, -0.1) is 0 Å². The first-order chi connectivity index (χ1) is 11.6. The zero-order chi connectivity index (χ0) is 16.7. The molecule has 3 nitrogen and oxygen atoms in total. The molecule has 5 heteroatoms. The van der Waals surface area contributed by atoms with Crippen molar-refractivity contribution in [2.45, 2.75) is 39.0 Å². The second-order valence-corrected chi connectivity index (χ2v) is 8.44. The Morgan fingerprint density at radius 2 is 1.88 bits per heavy atom. The van der Waals surface area contributed by atoms with Crippen molar-refractivity contribution in [3.05, 3.63) is 55.7 Å². The summed E-state index contributed by atoms with van der Waals surface area (Å²) in [6, 6.07) is 6.15. The molecule has 2 aliphatic rings. The lowest BCUT2D eigenvalue weighted by Crippen LogP contribution is -2.32. The number of halogens is 2. The van der Waals surface area contributed by atoms with Crippen LogP contribution in [0.3, 0.4) is 0 Å². The van der Waals surface area contributed by atoms with Crippen molar-refractivity contribution in [3.63, 3.8) is 0 Å². The maximum atomic E-state index is 10.1. The van der Waals surface area contributed by atoms with E-state index in [9.17, 15) is 5.11 Å². The molecule has 1 atom stereocenters. The fraction of sp³-hybridized carbons (Fsp3) is 0.450. The van der Waals surface area contributed by atoms with Crippen molar-refractivity contribution >= 4 is 31.9 Å². The molecule has 25 heavy (non-hydrogen) atoms. The van der Waals surface area contributed by atoms with Crippen LogP contribution < -0.4 is 5.32 Å². The predicted molar refractivity (Wildman–Crippen MR) is 109 cm³/mol. The first kappa shape index (κ1) is 18.9. The molecule has 2 heterocycles. The highest BCUT2D eigenvalue weighted by molar-refractivity contribution is 9.10. The van der Waals surface area contributed by atoms with E-state index in [1.165, 1.54) is 35.2 Å². The molecule has 0 spiro atoms. The van der Waals surface area contributed by atoms with Gasteiger partial charge in [0.05, 0.1) is 10.2 Å². The minimum absolute atomic E-state index is 0. The molecule has 0 amide bonds. The van der Waals surface area contributed by atoms with E-state index >= 15 is 0 Å². The van der Waals surface area contributed by atoms with Gasteiger partial charge in [-0.1, -0.05) is 13.5 Å². The van der Waals surface area contributed by atoms with E-state index in [0.29, 0.717) is 17.6 Å². The molecule has 0 bridgehead atoms. The number of hydrogen-bond donors (Lipinski definition) is 2. The highest BCUT2D eigenvalue weighted by Crippen LogP contribution is 2.45. The summed E-state index contributed by atoms with van der Waals surface area (Å²) in [5.41, 5.74) is 5.13. The monoisotopic (exact) mass is 466 g/mol. The summed E-state index contributed by atoms with van der Waals surface area (Å²) in [5, 5.41) is 13.6. The number of fused-ring (bicyclic) bond motifs is 2. The molecule has 1 aliphatic carbocycles. The Morgan fingerprint density at radius 3 is 2.64 bits per heavy atom. The van der Waals surface area contributed by atoms with Crippen LogP contribution in [0.2, 0.25) is 0 Å². The molecule has 1 aromatic carbocycles. The van der Waals surface area contributed by atoms with E-state index in [1.54, 1.807) is 0 Å². The lowest BCUT2D eigenvalue weighted by atomic mass is 9.77. The van der Waals surface area contributed by atoms with Gasteiger partial charge in [-0.3, -0.25) is 4.98 Å². The molecule has 2 N–H and O–H groups in total. The van der Waals surface area contributed by atoms with E-state index < -0.39 is 0 Å². The maximum Gasteiger partial charge on any atom is 0.130 e. The summed E-state index contributed by atoms with van der Waals surface area (Å²) in [5.74, 6) is 1.23. The number of phenols is 1. The minimum Gasteiger partial charge on any atom is -0.507 e. The van der Waals surface area contributed by atoms with Crippen LogP contribution in [0.25, 0.3) is 0 Å². The Kier molecular flexibility index (Phi) is 5.86. The van der Waals surface area contributed by atoms with Gasteiger partial charge in [0.2, 0.25) is 0 Å². The summed E-state index contributed by atoms with van der Waals surface area (Å²) >= 11 is 7.19. The van der Waals surface area contributed by atoms with E-state index in [1.807, 2.05) is 12.3 Å². The van der Waals surface area contributed by atoms with Crippen molar-refractivity contribution < 1.29 is 5.11 Å². The van der Waals surface area contributed by atoms with Crippen molar-refractivity contribution in [1.82, 2.24) is 10.3 Å². The second kappa shape index (κ2) is 7.77.